The van der Waals surface area contributed by atoms with E-state index >= 15 is 4.39 Å². The van der Waals surface area contributed by atoms with Crippen LogP contribution in [0.25, 0.3) is 0 Å². The molecule has 13 nitrogen and oxygen atoms in total. The number of likely N-dealkylation sites (N-methyl/N-ethyl adjacent to an activating group) is 1. The van der Waals surface area contributed by atoms with E-state index < -0.39 is 24.2 Å². The van der Waals surface area contributed by atoms with E-state index in [2.05, 4.69) is 54.5 Å². The van der Waals surface area contributed by atoms with E-state index in [4.69, 9.17) is 9.47 Å². The lowest BCUT2D eigenvalue weighted by atomic mass is 9.67. The second kappa shape index (κ2) is 18.0. The summed E-state index contributed by atoms with van der Waals surface area (Å²) in [6.45, 7) is 9.54. The Labute approximate surface area is 345 Å². The van der Waals surface area contributed by atoms with Crippen molar-refractivity contribution < 1.29 is 28.2 Å². The van der Waals surface area contributed by atoms with Crippen LogP contribution in [-0.2, 0) is 23.9 Å². The van der Waals surface area contributed by atoms with Crippen LogP contribution in [0.1, 0.15) is 83.5 Å². The minimum absolute atomic E-state index is 0.0329. The number of likely N-dealkylation sites (tertiary alicyclic amines) is 2. The van der Waals surface area contributed by atoms with Gasteiger partial charge in [-0.15, -0.1) is 0 Å². The minimum atomic E-state index is -1.29. The Morgan fingerprint density at radius 2 is 1.69 bits per heavy atom. The van der Waals surface area contributed by atoms with E-state index in [0.29, 0.717) is 56.6 Å². The number of ketones is 1. The fraction of sp³-hybridized carbons (Fsp3) is 0.886. The number of nitrogens with one attached hydrogen (secondary N) is 3. The summed E-state index contributed by atoms with van der Waals surface area (Å²) in [6, 6.07) is -0.310. The molecule has 0 spiro atoms. The van der Waals surface area contributed by atoms with Crippen molar-refractivity contribution in [2.45, 2.75) is 144 Å². The third-order valence-electron chi connectivity index (χ3n) is 16.1. The Balaban J connectivity index is 0.865. The lowest BCUT2D eigenvalue weighted by Crippen LogP contribution is -2.73. The lowest BCUT2D eigenvalue weighted by Gasteiger charge is -2.61. The van der Waals surface area contributed by atoms with Gasteiger partial charge >= 0.3 is 0 Å². The number of amides is 2. The molecule has 0 aromatic heterocycles. The average molecular weight is 811 g/mol. The first-order valence-electron chi connectivity index (χ1n) is 23.3. The number of hydrogen-bond donors (Lipinski definition) is 3. The molecule has 6 aliphatic heterocycles. The topological polar surface area (TPSA) is 122 Å². The van der Waals surface area contributed by atoms with E-state index in [0.717, 1.165) is 77.8 Å². The maximum absolute atomic E-state index is 16.9. The van der Waals surface area contributed by atoms with Crippen LogP contribution in [0.5, 0.6) is 0 Å². The van der Waals surface area contributed by atoms with Crippen molar-refractivity contribution in [2.75, 3.05) is 86.1 Å². The molecule has 8 fully saturated rings. The maximum atomic E-state index is 16.9. The quantitative estimate of drug-likeness (QED) is 0.187. The summed E-state index contributed by atoms with van der Waals surface area (Å²) in [7, 11) is 4.34. The van der Waals surface area contributed by atoms with E-state index in [1.54, 1.807) is 0 Å². The predicted octanol–water partition coefficient (Wildman–Crippen LogP) is 1.76. The summed E-state index contributed by atoms with van der Waals surface area (Å²) in [4.78, 5) is 52.9. The highest BCUT2D eigenvalue weighted by Crippen LogP contribution is 2.53. The van der Waals surface area contributed by atoms with E-state index in [1.807, 2.05) is 6.20 Å². The highest BCUT2D eigenvalue weighted by molar-refractivity contribution is 6.20. The van der Waals surface area contributed by atoms with Crippen molar-refractivity contribution in [1.82, 2.24) is 40.4 Å². The minimum Gasteiger partial charge on any atom is -0.374 e. The number of hydrogen-bond acceptors (Lipinski definition) is 11. The Morgan fingerprint density at radius 1 is 0.845 bits per heavy atom. The SMILES string of the molecule is CN1CCN(CCCNC(=O)C2=CN3C4CC5OC6CCCCC6C5CC4OC4C(N5CC[C@@H](NC(=O)CCNCCC6CCCN6C)C5)C(F)CC(C2=O)C43)CC1. The number of rotatable bonds is 13. The molecule has 3 saturated carbocycles. The van der Waals surface area contributed by atoms with Gasteiger partial charge in [0.25, 0.3) is 5.91 Å². The largest absolute Gasteiger partial charge is 0.374 e. The third kappa shape index (κ3) is 8.50. The van der Waals surface area contributed by atoms with Gasteiger partial charge in [-0.25, -0.2) is 4.39 Å². The molecule has 0 radical (unpaired) electrons. The highest BCUT2D eigenvalue weighted by Gasteiger charge is 2.62. The molecule has 2 amide bonds. The zero-order valence-electron chi connectivity index (χ0n) is 35.2. The number of piperazine rings is 1. The zero-order valence-corrected chi connectivity index (χ0v) is 35.2. The summed E-state index contributed by atoms with van der Waals surface area (Å²) in [5, 5.41) is 9.78. The van der Waals surface area contributed by atoms with Gasteiger partial charge in [-0.3, -0.25) is 19.3 Å². The summed E-state index contributed by atoms with van der Waals surface area (Å²) >= 11 is 0. The number of Topliss-reactive ketones (excluding diaryl/α,β-unsaturated/α-hetero) is 1. The molecule has 58 heavy (non-hydrogen) atoms. The molecule has 14 heteroatoms. The van der Waals surface area contributed by atoms with Gasteiger partial charge in [0.2, 0.25) is 5.91 Å². The molecule has 0 bridgehead atoms. The smallest absolute Gasteiger partial charge is 0.256 e. The number of morpholine rings is 1. The van der Waals surface area contributed by atoms with Crippen molar-refractivity contribution in [3.8, 4) is 0 Å². The molecule has 3 aliphatic carbocycles. The Kier molecular flexibility index (Phi) is 12.8. The number of ether oxygens (including phenoxy) is 2. The standard InChI is InChI=1S/C44H71FN8O5/c1-49-19-21-51(22-20-49)17-6-13-47-44(56)33-27-53-35-25-37-31(30-8-3-4-9-36(30)57-37)24-38(35)58-43-40(53)32(42(33)55)23-34(45)41(43)52-18-12-28(26-52)48-39(54)11-15-46-14-10-29-7-5-16-50(29)2/h27-32,34-38,40-41,43,46H,3-26H2,1-2H3,(H,47,56)(H,48,54)/t28-,29?,30?,31?,32?,34?,35?,36?,37?,38?,40?,41?,43?/m1/s1. The fourth-order valence-corrected chi connectivity index (χ4v) is 12.9. The molecule has 0 aromatic carbocycles. The monoisotopic (exact) mass is 811 g/mol. The summed E-state index contributed by atoms with van der Waals surface area (Å²) in [6.07, 6.45) is 12.5. The molecular weight excluding hydrogens is 740 g/mol. The van der Waals surface area contributed by atoms with Crippen molar-refractivity contribution in [1.29, 1.82) is 0 Å². The van der Waals surface area contributed by atoms with Gasteiger partial charge in [-0.05, 0) is 110 Å². The first kappa shape index (κ1) is 41.2. The van der Waals surface area contributed by atoms with Crippen molar-refractivity contribution >= 4 is 17.6 Å². The number of carbonyl (C=O) groups is 3. The molecule has 9 aliphatic rings. The van der Waals surface area contributed by atoms with Crippen LogP contribution in [0.15, 0.2) is 11.8 Å². The van der Waals surface area contributed by atoms with Crippen LogP contribution in [0.2, 0.25) is 0 Å². The van der Waals surface area contributed by atoms with Gasteiger partial charge in [0.1, 0.15) is 6.17 Å². The van der Waals surface area contributed by atoms with Gasteiger partial charge in [0, 0.05) is 83.0 Å². The van der Waals surface area contributed by atoms with Crippen LogP contribution >= 0.6 is 0 Å². The zero-order chi connectivity index (χ0) is 39.9. The van der Waals surface area contributed by atoms with Crippen LogP contribution < -0.4 is 16.0 Å². The Bertz CT molecular complexity index is 1510. The first-order valence-corrected chi connectivity index (χ1v) is 23.3. The maximum Gasteiger partial charge on any atom is 0.256 e. The molecule has 324 valence electrons. The molecule has 0 aromatic rings. The van der Waals surface area contributed by atoms with Crippen LogP contribution in [0.4, 0.5) is 4.39 Å². The molecule has 9 rings (SSSR count). The van der Waals surface area contributed by atoms with Crippen LogP contribution in [0, 0.1) is 17.8 Å². The number of fused-ring (bicyclic) bond motifs is 5. The molecule has 13 atom stereocenters. The molecule has 6 heterocycles. The van der Waals surface area contributed by atoms with Gasteiger partial charge in [-0.1, -0.05) is 12.8 Å². The van der Waals surface area contributed by atoms with Gasteiger partial charge in [-0.2, -0.15) is 0 Å². The Morgan fingerprint density at radius 3 is 2.52 bits per heavy atom. The highest BCUT2D eigenvalue weighted by atomic mass is 19.1. The number of nitrogens with zero attached hydrogens (tertiary/aromatic N) is 5. The molecule has 12 unspecified atom stereocenters. The second-order valence-corrected chi connectivity index (χ2v) is 19.6. The van der Waals surface area contributed by atoms with Gasteiger partial charge < -0.3 is 45.0 Å². The van der Waals surface area contributed by atoms with Gasteiger partial charge in [0.05, 0.1) is 48.1 Å². The van der Waals surface area contributed by atoms with E-state index in [1.165, 1.54) is 38.6 Å². The summed E-state index contributed by atoms with van der Waals surface area (Å²) in [5.41, 5.74) is 0.165. The second-order valence-electron chi connectivity index (χ2n) is 19.6. The van der Waals surface area contributed by atoms with Crippen molar-refractivity contribution in [3.05, 3.63) is 11.8 Å². The predicted molar refractivity (Wildman–Crippen MR) is 219 cm³/mol. The van der Waals surface area contributed by atoms with E-state index in [-0.39, 0.29) is 59.9 Å². The first-order chi connectivity index (χ1) is 28.2. The summed E-state index contributed by atoms with van der Waals surface area (Å²) in [5.74, 6) is -0.250. The van der Waals surface area contributed by atoms with Crippen molar-refractivity contribution in [3.63, 3.8) is 0 Å². The molecule has 3 N–H and O–H groups in total. The van der Waals surface area contributed by atoms with Crippen LogP contribution in [-0.4, -0.2) is 189 Å². The van der Waals surface area contributed by atoms with E-state index in [9.17, 15) is 14.4 Å². The normalized spacial score (nSPS) is 40.7. The van der Waals surface area contributed by atoms with Gasteiger partial charge in [0.15, 0.2) is 5.78 Å². The lowest BCUT2D eigenvalue weighted by molar-refractivity contribution is -0.220. The average Bonchev–Trinajstić information content (AvgIpc) is 3.95. The Hall–Kier alpha value is -2.20. The third-order valence-corrected chi connectivity index (χ3v) is 16.1. The fourth-order valence-electron chi connectivity index (χ4n) is 12.9. The number of halogens is 1. The molecular formula is C44H71FN8O5. The summed E-state index contributed by atoms with van der Waals surface area (Å²) < 4.78 is 30.8. The number of carbonyl (C=O) groups excluding carboxylic acids is 3. The number of alkyl halides is 1. The van der Waals surface area contributed by atoms with Crippen LogP contribution in [0.3, 0.4) is 0 Å². The van der Waals surface area contributed by atoms with Crippen molar-refractivity contribution in [2.24, 2.45) is 17.8 Å². The molecule has 5 saturated heterocycles.